The van der Waals surface area contributed by atoms with Gasteiger partial charge in [0.15, 0.2) is 18.2 Å². The van der Waals surface area contributed by atoms with E-state index in [9.17, 15) is 13.2 Å². The summed E-state index contributed by atoms with van der Waals surface area (Å²) >= 11 is 0. The van der Waals surface area contributed by atoms with Gasteiger partial charge in [-0.15, -0.1) is 0 Å². The second-order valence-corrected chi connectivity index (χ2v) is 6.22. The molecule has 25 heavy (non-hydrogen) atoms. The maximum atomic E-state index is 11.8. The van der Waals surface area contributed by atoms with Crippen LogP contribution in [0.15, 0.2) is 53.4 Å². The summed E-state index contributed by atoms with van der Waals surface area (Å²) in [5.41, 5.74) is 0.211. The van der Waals surface area contributed by atoms with E-state index < -0.39 is 16.1 Å². The van der Waals surface area contributed by atoms with Crippen LogP contribution in [0.4, 0.5) is 10.5 Å². The molecule has 0 aliphatic heterocycles. The number of amides is 2. The average molecular weight is 366 g/mol. The fourth-order valence-corrected chi connectivity index (χ4v) is 2.46. The third-order valence-electron chi connectivity index (χ3n) is 3.00. The average Bonchev–Trinajstić information content (AvgIpc) is 2.56. The summed E-state index contributed by atoms with van der Waals surface area (Å²) in [6.07, 6.45) is 0. The van der Waals surface area contributed by atoms with Crippen molar-refractivity contribution in [2.45, 2.75) is 11.8 Å². The zero-order valence-corrected chi connectivity index (χ0v) is 14.2. The molecule has 0 fully saturated rings. The van der Waals surface area contributed by atoms with Gasteiger partial charge in [-0.3, -0.25) is 4.55 Å². The summed E-state index contributed by atoms with van der Waals surface area (Å²) in [6, 6.07) is 11.7. The Kier molecular flexibility index (Phi) is 6.20. The van der Waals surface area contributed by atoms with Crippen LogP contribution in [-0.2, 0) is 10.1 Å². The lowest BCUT2D eigenvalue weighted by Gasteiger charge is -2.12. The van der Waals surface area contributed by atoms with Gasteiger partial charge in [0, 0.05) is 5.69 Å². The number of carbonyl (C=O) groups excluding carboxylic acids is 1. The predicted octanol–water partition coefficient (Wildman–Crippen LogP) is 2.49. The number of urea groups is 1. The lowest BCUT2D eigenvalue weighted by atomic mass is 10.3. The lowest BCUT2D eigenvalue weighted by molar-refractivity contribution is 0.229. The number of anilines is 1. The van der Waals surface area contributed by atoms with Crippen molar-refractivity contribution < 1.29 is 27.2 Å². The molecule has 9 heteroatoms. The highest BCUT2D eigenvalue weighted by Crippen LogP contribution is 2.25. The van der Waals surface area contributed by atoms with E-state index in [1.165, 1.54) is 18.2 Å². The maximum absolute atomic E-state index is 11.8. The van der Waals surface area contributed by atoms with Crippen LogP contribution in [0.3, 0.4) is 0 Å². The molecule has 0 heterocycles. The summed E-state index contributed by atoms with van der Waals surface area (Å²) in [5, 5.41) is 4.91. The highest BCUT2D eigenvalue weighted by atomic mass is 32.2. The topological polar surface area (TPSA) is 114 Å². The Hall–Kier alpha value is -2.78. The highest BCUT2D eigenvalue weighted by Gasteiger charge is 2.11. The van der Waals surface area contributed by atoms with Crippen LogP contribution in [-0.4, -0.2) is 32.3 Å². The summed E-state index contributed by atoms with van der Waals surface area (Å²) < 4.78 is 42.0. The third-order valence-corrected chi connectivity index (χ3v) is 3.85. The molecule has 2 aromatic carbocycles. The first kappa shape index (κ1) is 18.6. The minimum Gasteiger partial charge on any atom is -0.490 e. The molecule has 0 radical (unpaired) electrons. The van der Waals surface area contributed by atoms with Gasteiger partial charge in [0.05, 0.1) is 11.5 Å². The first-order valence-corrected chi connectivity index (χ1v) is 8.81. The Morgan fingerprint density at radius 3 is 2.40 bits per heavy atom. The monoisotopic (exact) mass is 366 g/mol. The van der Waals surface area contributed by atoms with E-state index in [1.54, 1.807) is 24.3 Å². The minimum atomic E-state index is -4.33. The van der Waals surface area contributed by atoms with Crippen molar-refractivity contribution >= 4 is 21.8 Å². The molecule has 0 saturated heterocycles. The van der Waals surface area contributed by atoms with Crippen LogP contribution in [0, 0.1) is 0 Å². The number of carbonyl (C=O) groups is 1. The maximum Gasteiger partial charge on any atom is 0.321 e. The molecule has 0 atom stereocenters. The molecule has 2 aromatic rings. The zero-order chi connectivity index (χ0) is 18.3. The zero-order valence-electron chi connectivity index (χ0n) is 13.4. The molecule has 0 aromatic heterocycles. The first-order valence-electron chi connectivity index (χ1n) is 7.37. The van der Waals surface area contributed by atoms with Crippen LogP contribution in [0.2, 0.25) is 0 Å². The highest BCUT2D eigenvalue weighted by molar-refractivity contribution is 7.85. The van der Waals surface area contributed by atoms with Crippen molar-refractivity contribution in [3.05, 3.63) is 48.5 Å². The van der Waals surface area contributed by atoms with Gasteiger partial charge < -0.3 is 20.1 Å². The fourth-order valence-electron chi connectivity index (χ4n) is 1.93. The molecule has 8 nitrogen and oxygen atoms in total. The van der Waals surface area contributed by atoms with Crippen LogP contribution >= 0.6 is 0 Å². The Morgan fingerprint density at radius 1 is 1.08 bits per heavy atom. The number of rotatable bonds is 7. The molecular weight excluding hydrogens is 348 g/mol. The molecule has 0 unspecified atom stereocenters. The van der Waals surface area contributed by atoms with E-state index in [2.05, 4.69) is 10.6 Å². The largest absolute Gasteiger partial charge is 0.490 e. The minimum absolute atomic E-state index is 0.117. The van der Waals surface area contributed by atoms with Crippen LogP contribution in [0.5, 0.6) is 11.5 Å². The first-order chi connectivity index (χ1) is 11.9. The standard InChI is InChI=1S/C16H18N2O6S/c1-2-23-14-8-3-4-9-15(14)24-11-17-16(19)18-12-6-5-7-13(10-12)25(20,21)22/h3-10H,2,11H2,1H3,(H2,17,18,19)(H,20,21,22). The van der Waals surface area contributed by atoms with Crippen molar-refractivity contribution in [1.82, 2.24) is 5.32 Å². The van der Waals surface area contributed by atoms with Crippen molar-refractivity contribution in [2.75, 3.05) is 18.7 Å². The molecule has 0 bridgehead atoms. The summed E-state index contributed by atoms with van der Waals surface area (Å²) in [5.74, 6) is 1.05. The van der Waals surface area contributed by atoms with Gasteiger partial charge in [-0.1, -0.05) is 18.2 Å². The molecule has 3 N–H and O–H groups in total. The van der Waals surface area contributed by atoms with E-state index in [4.69, 9.17) is 14.0 Å². The second-order valence-electron chi connectivity index (χ2n) is 4.80. The molecular formula is C16H18N2O6S. The summed E-state index contributed by atoms with van der Waals surface area (Å²) in [7, 11) is -4.33. The SMILES string of the molecule is CCOc1ccccc1OCNC(=O)Nc1cccc(S(=O)(=O)O)c1. The molecule has 2 amide bonds. The Morgan fingerprint density at radius 2 is 1.76 bits per heavy atom. The quantitative estimate of drug-likeness (QED) is 0.512. The normalized spacial score (nSPS) is 10.8. The van der Waals surface area contributed by atoms with Gasteiger partial charge in [-0.25, -0.2) is 4.79 Å². The van der Waals surface area contributed by atoms with Crippen molar-refractivity contribution in [1.29, 1.82) is 0 Å². The second kappa shape index (κ2) is 8.36. The summed E-state index contributed by atoms with van der Waals surface area (Å²) in [6.45, 7) is 2.22. The third kappa shape index (κ3) is 5.66. The molecule has 2 rings (SSSR count). The van der Waals surface area contributed by atoms with Gasteiger partial charge in [-0.05, 0) is 37.3 Å². The molecule has 134 valence electrons. The Bertz CT molecular complexity index is 838. The number of nitrogens with one attached hydrogen (secondary N) is 2. The Labute approximate surface area is 145 Å². The number of hydrogen-bond acceptors (Lipinski definition) is 5. The smallest absolute Gasteiger partial charge is 0.321 e. The van der Waals surface area contributed by atoms with E-state index >= 15 is 0 Å². The van der Waals surface area contributed by atoms with Crippen LogP contribution in [0.25, 0.3) is 0 Å². The number of ether oxygens (including phenoxy) is 2. The van der Waals surface area contributed by atoms with E-state index in [-0.39, 0.29) is 17.3 Å². The van der Waals surface area contributed by atoms with Gasteiger partial charge in [0.1, 0.15) is 0 Å². The molecule has 0 saturated carbocycles. The van der Waals surface area contributed by atoms with Gasteiger partial charge >= 0.3 is 6.03 Å². The lowest BCUT2D eigenvalue weighted by Crippen LogP contribution is -2.32. The number of benzene rings is 2. The van der Waals surface area contributed by atoms with Gasteiger partial charge in [0.25, 0.3) is 10.1 Å². The van der Waals surface area contributed by atoms with Crippen molar-refractivity contribution in [3.63, 3.8) is 0 Å². The van der Waals surface area contributed by atoms with Crippen molar-refractivity contribution in [3.8, 4) is 11.5 Å². The van der Waals surface area contributed by atoms with E-state index in [0.29, 0.717) is 18.1 Å². The predicted molar refractivity (Wildman–Crippen MR) is 91.5 cm³/mol. The van der Waals surface area contributed by atoms with E-state index in [1.807, 2.05) is 6.92 Å². The van der Waals surface area contributed by atoms with Crippen molar-refractivity contribution in [2.24, 2.45) is 0 Å². The van der Waals surface area contributed by atoms with E-state index in [0.717, 1.165) is 6.07 Å². The summed E-state index contributed by atoms with van der Waals surface area (Å²) in [4.78, 5) is 11.5. The molecule has 0 aliphatic rings. The number of hydrogen-bond donors (Lipinski definition) is 3. The molecule has 0 aliphatic carbocycles. The Balaban J connectivity index is 1.90. The van der Waals surface area contributed by atoms with Crippen LogP contribution in [0.1, 0.15) is 6.92 Å². The number of para-hydroxylation sites is 2. The van der Waals surface area contributed by atoms with Crippen LogP contribution < -0.4 is 20.1 Å². The fraction of sp³-hybridized carbons (Fsp3) is 0.188. The molecule has 0 spiro atoms. The van der Waals surface area contributed by atoms with Gasteiger partial charge in [-0.2, -0.15) is 8.42 Å². The van der Waals surface area contributed by atoms with Gasteiger partial charge in [0.2, 0.25) is 0 Å².